The summed E-state index contributed by atoms with van der Waals surface area (Å²) in [6.07, 6.45) is 0. The SMILES string of the molecule is COc1ccc(C(=O)O)cc1NCc1ccc(OCC(=O)NC(C)(C)C)cc1. The first-order chi connectivity index (χ1) is 13.2. The van der Waals surface area contributed by atoms with E-state index in [0.29, 0.717) is 23.7 Å². The average molecular weight is 386 g/mol. The van der Waals surface area contributed by atoms with Gasteiger partial charge in [-0.15, -0.1) is 0 Å². The first-order valence-corrected chi connectivity index (χ1v) is 8.86. The summed E-state index contributed by atoms with van der Waals surface area (Å²) in [7, 11) is 1.53. The van der Waals surface area contributed by atoms with Crippen molar-refractivity contribution in [1.29, 1.82) is 0 Å². The second-order valence-corrected chi connectivity index (χ2v) is 7.30. The Morgan fingerprint density at radius 3 is 2.32 bits per heavy atom. The van der Waals surface area contributed by atoms with Gasteiger partial charge in [0.05, 0.1) is 18.4 Å². The predicted octanol–water partition coefficient (Wildman–Crippen LogP) is 3.30. The molecule has 0 saturated heterocycles. The lowest BCUT2D eigenvalue weighted by atomic mass is 10.1. The molecule has 0 spiro atoms. The van der Waals surface area contributed by atoms with Crippen LogP contribution in [0.1, 0.15) is 36.7 Å². The fraction of sp³-hybridized carbons (Fsp3) is 0.333. The van der Waals surface area contributed by atoms with Crippen molar-refractivity contribution < 1.29 is 24.2 Å². The van der Waals surface area contributed by atoms with Crippen LogP contribution in [0.2, 0.25) is 0 Å². The van der Waals surface area contributed by atoms with E-state index in [-0.39, 0.29) is 23.6 Å². The van der Waals surface area contributed by atoms with Gasteiger partial charge in [-0.1, -0.05) is 12.1 Å². The van der Waals surface area contributed by atoms with Crippen LogP contribution in [0.3, 0.4) is 0 Å². The second-order valence-electron chi connectivity index (χ2n) is 7.30. The Morgan fingerprint density at radius 2 is 1.75 bits per heavy atom. The van der Waals surface area contributed by atoms with Gasteiger partial charge in [0.15, 0.2) is 6.61 Å². The minimum atomic E-state index is -0.997. The maximum Gasteiger partial charge on any atom is 0.335 e. The Balaban J connectivity index is 1.93. The second kappa shape index (κ2) is 9.12. The summed E-state index contributed by atoms with van der Waals surface area (Å²) >= 11 is 0. The molecular formula is C21H26N2O5. The molecule has 1 amide bonds. The maximum absolute atomic E-state index is 11.8. The molecule has 28 heavy (non-hydrogen) atoms. The number of nitrogens with one attached hydrogen (secondary N) is 2. The number of hydrogen-bond donors (Lipinski definition) is 3. The number of ether oxygens (including phenoxy) is 2. The molecule has 0 bridgehead atoms. The van der Waals surface area contributed by atoms with E-state index in [1.165, 1.54) is 19.2 Å². The van der Waals surface area contributed by atoms with Gasteiger partial charge in [0.1, 0.15) is 11.5 Å². The molecule has 2 aromatic rings. The molecular weight excluding hydrogens is 360 g/mol. The molecule has 0 aromatic heterocycles. The lowest BCUT2D eigenvalue weighted by molar-refractivity contribution is -0.124. The van der Waals surface area contributed by atoms with Crippen molar-refractivity contribution in [1.82, 2.24) is 5.32 Å². The predicted molar refractivity (Wildman–Crippen MR) is 107 cm³/mol. The third-order valence-electron chi connectivity index (χ3n) is 3.74. The number of carboxylic acids is 1. The molecule has 0 heterocycles. The van der Waals surface area contributed by atoms with Crippen molar-refractivity contribution >= 4 is 17.6 Å². The van der Waals surface area contributed by atoms with Gasteiger partial charge in [-0.3, -0.25) is 4.79 Å². The van der Waals surface area contributed by atoms with Crippen molar-refractivity contribution in [2.75, 3.05) is 19.0 Å². The highest BCUT2D eigenvalue weighted by Crippen LogP contribution is 2.26. The average Bonchev–Trinajstić information content (AvgIpc) is 2.63. The number of rotatable bonds is 8. The molecule has 7 nitrogen and oxygen atoms in total. The summed E-state index contributed by atoms with van der Waals surface area (Å²) in [6.45, 7) is 6.16. The Kier molecular flexibility index (Phi) is 6.87. The number of carboxylic acid groups (broad SMARTS) is 1. The number of carbonyl (C=O) groups is 2. The highest BCUT2D eigenvalue weighted by Gasteiger charge is 2.14. The molecule has 0 aliphatic heterocycles. The summed E-state index contributed by atoms with van der Waals surface area (Å²) < 4.78 is 10.8. The first kappa shape index (κ1) is 21.1. The Bertz CT molecular complexity index is 826. The molecule has 0 radical (unpaired) electrons. The third-order valence-corrected chi connectivity index (χ3v) is 3.74. The van der Waals surface area contributed by atoms with E-state index in [4.69, 9.17) is 14.6 Å². The number of amides is 1. The monoisotopic (exact) mass is 386 g/mol. The molecule has 7 heteroatoms. The van der Waals surface area contributed by atoms with E-state index in [2.05, 4.69) is 10.6 Å². The number of hydrogen-bond acceptors (Lipinski definition) is 5. The number of anilines is 1. The van der Waals surface area contributed by atoms with Gasteiger partial charge >= 0.3 is 5.97 Å². The number of carbonyl (C=O) groups excluding carboxylic acids is 1. The van der Waals surface area contributed by atoms with E-state index < -0.39 is 5.97 Å². The fourth-order valence-corrected chi connectivity index (χ4v) is 2.48. The minimum Gasteiger partial charge on any atom is -0.495 e. The lowest BCUT2D eigenvalue weighted by Crippen LogP contribution is -2.43. The van der Waals surface area contributed by atoms with Crippen LogP contribution < -0.4 is 20.1 Å². The zero-order valence-electron chi connectivity index (χ0n) is 16.5. The van der Waals surface area contributed by atoms with E-state index in [1.54, 1.807) is 18.2 Å². The summed E-state index contributed by atoms with van der Waals surface area (Å²) in [5.74, 6) is -0.0144. The van der Waals surface area contributed by atoms with Crippen LogP contribution in [0.25, 0.3) is 0 Å². The normalized spacial score (nSPS) is 10.9. The number of benzene rings is 2. The Hall–Kier alpha value is -3.22. The van der Waals surface area contributed by atoms with E-state index in [9.17, 15) is 9.59 Å². The zero-order valence-corrected chi connectivity index (χ0v) is 16.5. The standard InChI is InChI=1S/C21H26N2O5/c1-21(2,3)23-19(24)13-28-16-8-5-14(6-9-16)12-22-17-11-15(20(25)26)7-10-18(17)27-4/h5-11,22H,12-13H2,1-4H3,(H,23,24)(H,25,26). The van der Waals surface area contributed by atoms with Crippen LogP contribution in [-0.2, 0) is 11.3 Å². The van der Waals surface area contributed by atoms with E-state index >= 15 is 0 Å². The molecule has 150 valence electrons. The van der Waals surface area contributed by atoms with Gasteiger partial charge in [-0.2, -0.15) is 0 Å². The van der Waals surface area contributed by atoms with Gasteiger partial charge in [0.2, 0.25) is 0 Å². The van der Waals surface area contributed by atoms with Crippen molar-refractivity contribution in [3.63, 3.8) is 0 Å². The van der Waals surface area contributed by atoms with Crippen LogP contribution >= 0.6 is 0 Å². The van der Waals surface area contributed by atoms with E-state index in [1.807, 2.05) is 32.9 Å². The van der Waals surface area contributed by atoms with E-state index in [0.717, 1.165) is 5.56 Å². The third kappa shape index (κ3) is 6.50. The van der Waals surface area contributed by atoms with Crippen LogP contribution in [0, 0.1) is 0 Å². The Labute approximate surface area is 164 Å². The molecule has 0 fully saturated rings. The highest BCUT2D eigenvalue weighted by atomic mass is 16.5. The summed E-state index contributed by atoms with van der Waals surface area (Å²) in [5, 5.41) is 15.1. The molecule has 0 aliphatic rings. The molecule has 0 atom stereocenters. The smallest absolute Gasteiger partial charge is 0.335 e. The molecule has 0 aliphatic carbocycles. The largest absolute Gasteiger partial charge is 0.495 e. The van der Waals surface area contributed by atoms with Crippen LogP contribution in [0.5, 0.6) is 11.5 Å². The highest BCUT2D eigenvalue weighted by molar-refractivity contribution is 5.89. The molecule has 2 rings (SSSR count). The lowest BCUT2D eigenvalue weighted by Gasteiger charge is -2.20. The van der Waals surface area contributed by atoms with Gasteiger partial charge in [0, 0.05) is 12.1 Å². The van der Waals surface area contributed by atoms with Crippen molar-refractivity contribution in [2.45, 2.75) is 32.9 Å². The number of methoxy groups -OCH3 is 1. The molecule has 3 N–H and O–H groups in total. The summed E-state index contributed by atoms with van der Waals surface area (Å²) in [5.41, 5.74) is 1.45. The molecule has 2 aromatic carbocycles. The van der Waals surface area contributed by atoms with Crippen LogP contribution in [-0.4, -0.2) is 36.2 Å². The van der Waals surface area contributed by atoms with Crippen LogP contribution in [0.4, 0.5) is 5.69 Å². The van der Waals surface area contributed by atoms with Gasteiger partial charge in [-0.25, -0.2) is 4.79 Å². The summed E-state index contributed by atoms with van der Waals surface area (Å²) in [6, 6.07) is 12.0. The fourth-order valence-electron chi connectivity index (χ4n) is 2.48. The number of aromatic carboxylic acids is 1. The zero-order chi connectivity index (χ0) is 20.7. The van der Waals surface area contributed by atoms with Crippen molar-refractivity contribution in [3.8, 4) is 11.5 Å². The Morgan fingerprint density at radius 1 is 1.07 bits per heavy atom. The van der Waals surface area contributed by atoms with Crippen molar-refractivity contribution in [3.05, 3.63) is 53.6 Å². The first-order valence-electron chi connectivity index (χ1n) is 8.86. The summed E-state index contributed by atoms with van der Waals surface area (Å²) in [4.78, 5) is 22.9. The molecule has 0 unspecified atom stereocenters. The maximum atomic E-state index is 11.8. The minimum absolute atomic E-state index is 0.0476. The van der Waals surface area contributed by atoms with Gasteiger partial charge in [0.25, 0.3) is 5.91 Å². The van der Waals surface area contributed by atoms with Gasteiger partial charge < -0.3 is 25.2 Å². The van der Waals surface area contributed by atoms with Gasteiger partial charge in [-0.05, 0) is 56.7 Å². The quantitative estimate of drug-likeness (QED) is 0.644. The topological polar surface area (TPSA) is 96.9 Å². The van der Waals surface area contributed by atoms with Crippen molar-refractivity contribution in [2.24, 2.45) is 0 Å². The molecule has 0 saturated carbocycles. The van der Waals surface area contributed by atoms with Crippen LogP contribution in [0.15, 0.2) is 42.5 Å².